The molecule has 1 fully saturated rings. The molecule has 1 aliphatic heterocycles. The molecule has 0 radical (unpaired) electrons. The molecule has 1 atom stereocenters. The van der Waals surface area contributed by atoms with E-state index in [0.29, 0.717) is 23.9 Å². The van der Waals surface area contributed by atoms with Gasteiger partial charge >= 0.3 is 6.01 Å². The maximum Gasteiger partial charge on any atom is 0.316 e. The highest BCUT2D eigenvalue weighted by Crippen LogP contribution is 2.18. The number of carbonyl (C=O) groups is 1. The number of likely N-dealkylation sites (tertiary alicyclic amines) is 1. The number of fused-ring (bicyclic) bond motifs is 1. The Labute approximate surface area is 160 Å². The number of aromatic nitrogens is 6. The van der Waals surface area contributed by atoms with Gasteiger partial charge in [-0.3, -0.25) is 4.79 Å². The molecule has 3 aromatic rings. The Balaban J connectivity index is 1.50. The van der Waals surface area contributed by atoms with E-state index in [4.69, 9.17) is 16.3 Å². The molecule has 3 aromatic heterocycles. The molecular weight excluding hydrogens is 370 g/mol. The Morgan fingerprint density at radius 1 is 1.26 bits per heavy atom. The van der Waals surface area contributed by atoms with Gasteiger partial charge in [-0.05, 0) is 32.8 Å². The first-order chi connectivity index (χ1) is 13.0. The van der Waals surface area contributed by atoms with Gasteiger partial charge in [0.05, 0.1) is 24.0 Å². The third kappa shape index (κ3) is 3.68. The number of amides is 1. The van der Waals surface area contributed by atoms with Crippen molar-refractivity contribution < 1.29 is 9.53 Å². The van der Waals surface area contributed by atoms with Crippen LogP contribution in [0.25, 0.3) is 5.78 Å². The van der Waals surface area contributed by atoms with E-state index in [9.17, 15) is 4.79 Å². The number of piperidine rings is 1. The lowest BCUT2D eigenvalue weighted by molar-refractivity contribution is 0.0505. The molecule has 0 bridgehead atoms. The van der Waals surface area contributed by atoms with Crippen molar-refractivity contribution in [2.45, 2.75) is 32.8 Å². The van der Waals surface area contributed by atoms with Gasteiger partial charge in [-0.15, -0.1) is 5.10 Å². The standard InChI is InChI=1S/C17H18ClN7O2/c1-10-6-11(2)25-16(21-10)22-14(23-25)15(26)24-5-3-4-13(9-24)27-17-19-7-12(18)8-20-17/h6-8,13H,3-5,9H2,1-2H3. The summed E-state index contributed by atoms with van der Waals surface area (Å²) in [5.74, 6) is 0.331. The Bertz CT molecular complexity index is 989. The molecular formula is C17H18ClN7O2. The summed E-state index contributed by atoms with van der Waals surface area (Å²) in [7, 11) is 0. The largest absolute Gasteiger partial charge is 0.458 e. The summed E-state index contributed by atoms with van der Waals surface area (Å²) in [5, 5.41) is 4.76. The second-order valence-electron chi connectivity index (χ2n) is 6.50. The number of rotatable bonds is 3. The lowest BCUT2D eigenvalue weighted by Gasteiger charge is -2.31. The van der Waals surface area contributed by atoms with Crippen molar-refractivity contribution in [1.82, 2.24) is 34.4 Å². The molecule has 1 aliphatic rings. The molecule has 4 heterocycles. The van der Waals surface area contributed by atoms with Crippen LogP contribution in [0.15, 0.2) is 18.5 Å². The smallest absolute Gasteiger partial charge is 0.316 e. The van der Waals surface area contributed by atoms with E-state index >= 15 is 0 Å². The fraction of sp³-hybridized carbons (Fsp3) is 0.412. The van der Waals surface area contributed by atoms with Gasteiger partial charge in [0.25, 0.3) is 11.7 Å². The van der Waals surface area contributed by atoms with Crippen LogP contribution in [0.3, 0.4) is 0 Å². The predicted molar refractivity (Wildman–Crippen MR) is 96.9 cm³/mol. The zero-order valence-electron chi connectivity index (χ0n) is 15.0. The summed E-state index contributed by atoms with van der Waals surface area (Å²) in [6.45, 7) is 4.84. The number of hydrogen-bond donors (Lipinski definition) is 0. The van der Waals surface area contributed by atoms with Gasteiger partial charge in [0.15, 0.2) is 0 Å². The summed E-state index contributed by atoms with van der Waals surface area (Å²) < 4.78 is 7.37. The fourth-order valence-electron chi connectivity index (χ4n) is 3.13. The van der Waals surface area contributed by atoms with Crippen molar-refractivity contribution in [3.8, 4) is 6.01 Å². The van der Waals surface area contributed by atoms with Crippen LogP contribution < -0.4 is 4.74 Å². The third-order valence-electron chi connectivity index (χ3n) is 4.34. The van der Waals surface area contributed by atoms with Gasteiger partial charge in [0, 0.05) is 17.9 Å². The molecule has 4 rings (SSSR count). The Kier molecular flexibility index (Phi) is 4.61. The molecule has 0 N–H and O–H groups in total. The first kappa shape index (κ1) is 17.6. The van der Waals surface area contributed by atoms with Crippen LogP contribution in [0.5, 0.6) is 6.01 Å². The predicted octanol–water partition coefficient (Wildman–Crippen LogP) is 1.87. The van der Waals surface area contributed by atoms with Gasteiger partial charge < -0.3 is 9.64 Å². The van der Waals surface area contributed by atoms with Crippen molar-refractivity contribution >= 4 is 23.3 Å². The molecule has 1 amide bonds. The maximum absolute atomic E-state index is 12.9. The number of ether oxygens (including phenoxy) is 1. The van der Waals surface area contributed by atoms with Gasteiger partial charge in [0.1, 0.15) is 6.10 Å². The van der Waals surface area contributed by atoms with Crippen LogP contribution in [-0.2, 0) is 0 Å². The van der Waals surface area contributed by atoms with Crippen LogP contribution in [0.1, 0.15) is 34.8 Å². The number of hydrogen-bond acceptors (Lipinski definition) is 7. The normalized spacial score (nSPS) is 17.3. The first-order valence-corrected chi connectivity index (χ1v) is 9.02. The quantitative estimate of drug-likeness (QED) is 0.676. The van der Waals surface area contributed by atoms with Gasteiger partial charge in [-0.25, -0.2) is 19.5 Å². The lowest BCUT2D eigenvalue weighted by atomic mass is 10.1. The monoisotopic (exact) mass is 387 g/mol. The zero-order chi connectivity index (χ0) is 19.0. The van der Waals surface area contributed by atoms with E-state index in [0.717, 1.165) is 24.2 Å². The Hall–Kier alpha value is -2.81. The van der Waals surface area contributed by atoms with Crippen molar-refractivity contribution in [3.05, 3.63) is 40.7 Å². The van der Waals surface area contributed by atoms with Crippen molar-refractivity contribution in [2.75, 3.05) is 13.1 Å². The van der Waals surface area contributed by atoms with Crippen LogP contribution in [0.2, 0.25) is 5.02 Å². The van der Waals surface area contributed by atoms with Gasteiger partial charge in [-0.1, -0.05) is 11.6 Å². The molecule has 9 nitrogen and oxygen atoms in total. The zero-order valence-corrected chi connectivity index (χ0v) is 15.7. The van der Waals surface area contributed by atoms with Crippen molar-refractivity contribution in [2.24, 2.45) is 0 Å². The molecule has 140 valence electrons. The average molecular weight is 388 g/mol. The third-order valence-corrected chi connectivity index (χ3v) is 4.54. The summed E-state index contributed by atoms with van der Waals surface area (Å²) in [5.41, 5.74) is 1.71. The highest BCUT2D eigenvalue weighted by Gasteiger charge is 2.28. The van der Waals surface area contributed by atoms with E-state index < -0.39 is 0 Å². The van der Waals surface area contributed by atoms with E-state index in [1.807, 2.05) is 19.9 Å². The Morgan fingerprint density at radius 3 is 2.81 bits per heavy atom. The summed E-state index contributed by atoms with van der Waals surface area (Å²) in [6.07, 6.45) is 4.39. The minimum absolute atomic E-state index is 0.139. The van der Waals surface area contributed by atoms with Crippen LogP contribution in [0.4, 0.5) is 0 Å². The topological polar surface area (TPSA) is 98.4 Å². The number of aryl methyl sites for hydroxylation is 2. The number of carbonyl (C=O) groups excluding carboxylic acids is 1. The summed E-state index contributed by atoms with van der Waals surface area (Å²) >= 11 is 5.79. The van der Waals surface area contributed by atoms with Gasteiger partial charge in [0.2, 0.25) is 5.82 Å². The molecule has 0 aromatic carbocycles. The molecule has 1 saturated heterocycles. The van der Waals surface area contributed by atoms with Gasteiger partial charge in [-0.2, -0.15) is 4.98 Å². The van der Waals surface area contributed by atoms with Crippen LogP contribution >= 0.6 is 11.6 Å². The van der Waals surface area contributed by atoms with E-state index in [-0.39, 0.29) is 23.8 Å². The molecule has 0 saturated carbocycles. The molecule has 10 heteroatoms. The minimum atomic E-state index is -0.233. The first-order valence-electron chi connectivity index (χ1n) is 8.64. The number of halogens is 1. The SMILES string of the molecule is Cc1cc(C)n2nc(C(=O)N3CCCC(Oc4ncc(Cl)cn4)C3)nc2n1. The second-order valence-corrected chi connectivity index (χ2v) is 6.94. The maximum atomic E-state index is 12.9. The molecule has 27 heavy (non-hydrogen) atoms. The number of nitrogens with zero attached hydrogens (tertiary/aromatic N) is 7. The highest BCUT2D eigenvalue weighted by atomic mass is 35.5. The molecule has 0 aliphatic carbocycles. The van der Waals surface area contributed by atoms with Crippen LogP contribution in [-0.4, -0.2) is 59.6 Å². The fourth-order valence-corrected chi connectivity index (χ4v) is 3.23. The second kappa shape index (κ2) is 7.07. The lowest BCUT2D eigenvalue weighted by Crippen LogP contribution is -2.44. The summed E-state index contributed by atoms with van der Waals surface area (Å²) in [4.78, 5) is 31.3. The van der Waals surface area contributed by atoms with Crippen LogP contribution in [0, 0.1) is 13.8 Å². The van der Waals surface area contributed by atoms with E-state index in [2.05, 4.69) is 25.0 Å². The summed E-state index contributed by atoms with van der Waals surface area (Å²) in [6, 6.07) is 2.15. The van der Waals surface area contributed by atoms with Crippen molar-refractivity contribution in [1.29, 1.82) is 0 Å². The molecule has 0 spiro atoms. The minimum Gasteiger partial charge on any atom is -0.458 e. The average Bonchev–Trinajstić information content (AvgIpc) is 3.07. The highest BCUT2D eigenvalue weighted by molar-refractivity contribution is 6.30. The van der Waals surface area contributed by atoms with E-state index in [1.54, 1.807) is 9.42 Å². The van der Waals surface area contributed by atoms with Crippen molar-refractivity contribution in [3.63, 3.8) is 0 Å². The Morgan fingerprint density at radius 2 is 2.04 bits per heavy atom. The molecule has 1 unspecified atom stereocenters. The van der Waals surface area contributed by atoms with E-state index in [1.165, 1.54) is 12.4 Å².